The molecule has 0 spiro atoms. The lowest BCUT2D eigenvalue weighted by Crippen LogP contribution is -2.52. The highest BCUT2D eigenvalue weighted by atomic mass is 19.1. The first-order valence-electron chi connectivity index (χ1n) is 14.4. The second-order valence-electron chi connectivity index (χ2n) is 12.3. The Hall–Kier alpha value is -2.35. The number of hydrogen-bond acceptors (Lipinski definition) is 5. The Morgan fingerprint density at radius 2 is 1.76 bits per heavy atom. The largest absolute Gasteiger partial charge is 0.496 e. The van der Waals surface area contributed by atoms with Crippen molar-refractivity contribution in [3.05, 3.63) is 23.5 Å². The maximum absolute atomic E-state index is 14.9. The molecule has 4 aliphatic carbocycles. The molecular weight excluding hydrogens is 487 g/mol. The minimum absolute atomic E-state index is 0.0199. The molecule has 38 heavy (non-hydrogen) atoms. The number of benzene rings is 1. The molecule has 0 heterocycles. The van der Waals surface area contributed by atoms with Crippen LogP contribution in [0.1, 0.15) is 81.5 Å². The molecule has 4 fully saturated rings. The molecule has 5 rings (SSSR count). The Morgan fingerprint density at radius 3 is 2.42 bits per heavy atom. The van der Waals surface area contributed by atoms with Crippen LogP contribution in [-0.4, -0.2) is 51.3 Å². The number of fused-ring (bicyclic) bond motifs is 2. The third-order valence-corrected chi connectivity index (χ3v) is 9.77. The summed E-state index contributed by atoms with van der Waals surface area (Å²) >= 11 is 0. The minimum Gasteiger partial charge on any atom is -0.496 e. The Morgan fingerprint density at radius 1 is 1.03 bits per heavy atom. The van der Waals surface area contributed by atoms with Crippen LogP contribution in [0.3, 0.4) is 0 Å². The van der Waals surface area contributed by atoms with Gasteiger partial charge in [0.25, 0.3) is 5.91 Å². The van der Waals surface area contributed by atoms with E-state index in [1.165, 1.54) is 19.2 Å². The summed E-state index contributed by atoms with van der Waals surface area (Å²) in [7, 11) is 3.14. The zero-order valence-corrected chi connectivity index (χ0v) is 23.0. The van der Waals surface area contributed by atoms with Gasteiger partial charge in [-0.3, -0.25) is 9.59 Å². The third kappa shape index (κ3) is 5.51. The van der Waals surface area contributed by atoms with Crippen LogP contribution in [-0.2, 0) is 9.53 Å². The smallest absolute Gasteiger partial charge is 0.255 e. The lowest BCUT2D eigenvalue weighted by Gasteiger charge is -2.42. The van der Waals surface area contributed by atoms with E-state index in [0.29, 0.717) is 19.1 Å². The molecule has 210 valence electrons. The van der Waals surface area contributed by atoms with Gasteiger partial charge in [0.2, 0.25) is 5.91 Å². The first-order chi connectivity index (χ1) is 18.3. The van der Waals surface area contributed by atoms with Crippen molar-refractivity contribution in [1.82, 2.24) is 10.6 Å². The van der Waals surface area contributed by atoms with E-state index in [1.54, 1.807) is 7.11 Å². The molecule has 0 radical (unpaired) electrons. The number of amides is 2. The third-order valence-electron chi connectivity index (χ3n) is 9.77. The second kappa shape index (κ2) is 11.4. The highest BCUT2D eigenvalue weighted by molar-refractivity contribution is 5.98. The molecule has 1 aromatic carbocycles. The van der Waals surface area contributed by atoms with Gasteiger partial charge in [0.15, 0.2) is 11.6 Å². The van der Waals surface area contributed by atoms with E-state index in [-0.39, 0.29) is 64.2 Å². The lowest BCUT2D eigenvalue weighted by atomic mass is 9.69. The lowest BCUT2D eigenvalue weighted by molar-refractivity contribution is -0.128. The molecule has 4 saturated carbocycles. The highest BCUT2D eigenvalue weighted by Crippen LogP contribution is 2.49. The molecule has 7 nitrogen and oxygen atoms in total. The SMILES string of the molecule is COCC1(CNC(=O)[C@H]2[C@@H]3CC[C@@H](C3)[C@H]2NC(=O)c2cc(O[C@H]3CC[C@H](C)CC3)c(F)cc2OC)CCC1. The van der Waals surface area contributed by atoms with Crippen LogP contribution in [0.5, 0.6) is 11.5 Å². The average molecular weight is 531 g/mol. The zero-order chi connectivity index (χ0) is 26.9. The first kappa shape index (κ1) is 27.2. The van der Waals surface area contributed by atoms with Crippen LogP contribution < -0.4 is 20.1 Å². The van der Waals surface area contributed by atoms with Gasteiger partial charge in [-0.2, -0.15) is 0 Å². The summed E-state index contributed by atoms with van der Waals surface area (Å²) < 4.78 is 31.7. The van der Waals surface area contributed by atoms with Crippen molar-refractivity contribution >= 4 is 11.8 Å². The Labute approximate surface area is 225 Å². The van der Waals surface area contributed by atoms with Gasteiger partial charge in [0.05, 0.1) is 31.3 Å². The fraction of sp³-hybridized carbons (Fsp3) is 0.733. The van der Waals surface area contributed by atoms with Crippen molar-refractivity contribution in [2.45, 2.75) is 83.3 Å². The quantitative estimate of drug-likeness (QED) is 0.451. The van der Waals surface area contributed by atoms with Gasteiger partial charge in [-0.05, 0) is 81.6 Å². The maximum atomic E-state index is 14.9. The number of carbonyl (C=O) groups excluding carboxylic acids is 2. The number of ether oxygens (including phenoxy) is 3. The van der Waals surface area contributed by atoms with Crippen molar-refractivity contribution in [2.24, 2.45) is 29.1 Å². The average Bonchev–Trinajstić information content (AvgIpc) is 3.49. The normalized spacial score (nSPS) is 31.4. The Bertz CT molecular complexity index is 1020. The summed E-state index contributed by atoms with van der Waals surface area (Å²) in [5.41, 5.74) is 0.276. The maximum Gasteiger partial charge on any atom is 0.255 e. The van der Waals surface area contributed by atoms with E-state index in [2.05, 4.69) is 17.6 Å². The summed E-state index contributed by atoms with van der Waals surface area (Å²) in [5, 5.41) is 6.36. The van der Waals surface area contributed by atoms with Gasteiger partial charge in [-0.1, -0.05) is 13.3 Å². The predicted octanol–water partition coefficient (Wildman–Crippen LogP) is 4.87. The number of carbonyl (C=O) groups is 2. The fourth-order valence-corrected chi connectivity index (χ4v) is 7.35. The number of nitrogens with one attached hydrogen (secondary N) is 2. The number of halogens is 1. The van der Waals surface area contributed by atoms with E-state index in [9.17, 15) is 14.0 Å². The van der Waals surface area contributed by atoms with Gasteiger partial charge in [-0.15, -0.1) is 0 Å². The van der Waals surface area contributed by atoms with Crippen molar-refractivity contribution in [3.63, 3.8) is 0 Å². The van der Waals surface area contributed by atoms with E-state index < -0.39 is 5.82 Å². The van der Waals surface area contributed by atoms with E-state index >= 15 is 0 Å². The second-order valence-corrected chi connectivity index (χ2v) is 12.3. The van der Waals surface area contributed by atoms with Gasteiger partial charge >= 0.3 is 0 Å². The summed E-state index contributed by atoms with van der Waals surface area (Å²) in [6.45, 7) is 3.49. The van der Waals surface area contributed by atoms with Gasteiger partial charge in [-0.25, -0.2) is 4.39 Å². The zero-order valence-electron chi connectivity index (χ0n) is 23.0. The molecule has 8 heteroatoms. The highest BCUT2D eigenvalue weighted by Gasteiger charge is 2.52. The molecule has 4 aliphatic rings. The topological polar surface area (TPSA) is 85.9 Å². The first-order valence-corrected chi connectivity index (χ1v) is 14.4. The van der Waals surface area contributed by atoms with E-state index in [1.807, 2.05) is 0 Å². The number of methoxy groups -OCH3 is 2. The van der Waals surface area contributed by atoms with Crippen molar-refractivity contribution in [3.8, 4) is 11.5 Å². The number of hydrogen-bond donors (Lipinski definition) is 2. The Kier molecular flexibility index (Phi) is 8.17. The molecular formula is C30H43FN2O5. The molecule has 2 bridgehead atoms. The fourth-order valence-electron chi connectivity index (χ4n) is 7.35. The molecule has 2 N–H and O–H groups in total. The van der Waals surface area contributed by atoms with Crippen molar-refractivity contribution < 1.29 is 28.2 Å². The summed E-state index contributed by atoms with van der Waals surface area (Å²) in [4.78, 5) is 27.0. The number of rotatable bonds is 10. The molecule has 0 unspecified atom stereocenters. The van der Waals surface area contributed by atoms with E-state index in [0.717, 1.165) is 64.2 Å². The summed E-state index contributed by atoms with van der Waals surface area (Å²) in [6.07, 6.45) is 10.0. The molecule has 0 aliphatic heterocycles. The molecule has 0 aromatic heterocycles. The molecule has 1 aromatic rings. The molecule has 0 saturated heterocycles. The van der Waals surface area contributed by atoms with Gasteiger partial charge in [0.1, 0.15) is 5.75 Å². The van der Waals surface area contributed by atoms with E-state index in [4.69, 9.17) is 14.2 Å². The van der Waals surface area contributed by atoms with Crippen molar-refractivity contribution in [1.29, 1.82) is 0 Å². The minimum atomic E-state index is -0.532. The van der Waals surface area contributed by atoms with Crippen LogP contribution in [0.4, 0.5) is 4.39 Å². The molecule has 2 amide bonds. The molecule has 4 atom stereocenters. The van der Waals surface area contributed by atoms with Gasteiger partial charge < -0.3 is 24.8 Å². The Balaban J connectivity index is 1.28. The van der Waals surface area contributed by atoms with Crippen LogP contribution in [0.15, 0.2) is 12.1 Å². The summed E-state index contributed by atoms with van der Waals surface area (Å²) in [6, 6.07) is 2.45. The van der Waals surface area contributed by atoms with Crippen LogP contribution in [0.2, 0.25) is 0 Å². The van der Waals surface area contributed by atoms with Crippen LogP contribution in [0.25, 0.3) is 0 Å². The standard InChI is InChI=1S/C30H43FN2O5/c1-18-5-9-21(10-6-18)38-25-14-22(24(37-3)15-23(25)31)28(34)33-27-20-8-7-19(13-20)26(27)29(35)32-16-30(17-36-2)11-4-12-30/h14-15,18-21,26-27H,4-13,16-17H2,1-3H3,(H,32,35)(H,33,34)/t18-,19-,20+,21-,26+,27-/m1/s1. The predicted molar refractivity (Wildman–Crippen MR) is 142 cm³/mol. The monoisotopic (exact) mass is 530 g/mol. The van der Waals surface area contributed by atoms with Crippen molar-refractivity contribution in [2.75, 3.05) is 27.4 Å². The van der Waals surface area contributed by atoms with Crippen LogP contribution in [0, 0.1) is 34.9 Å². The van der Waals surface area contributed by atoms with Gasteiger partial charge in [0, 0.05) is 31.2 Å². The summed E-state index contributed by atoms with van der Waals surface area (Å²) in [5.74, 6) is 0.320. The van der Waals surface area contributed by atoms with Crippen LogP contribution >= 0.6 is 0 Å².